The average Bonchev–Trinajstić information content (AvgIpc) is 3.24. The Hall–Kier alpha value is -1.37. The van der Waals surface area contributed by atoms with Crippen LogP contribution in [0.4, 0.5) is 0 Å². The van der Waals surface area contributed by atoms with Gasteiger partial charge in [-0.3, -0.25) is 4.79 Å². The summed E-state index contributed by atoms with van der Waals surface area (Å²) in [5, 5.41) is 0. The highest BCUT2D eigenvalue weighted by Crippen LogP contribution is 2.32. The Balaban J connectivity index is 1.43. The van der Waals surface area contributed by atoms with Crippen molar-refractivity contribution in [3.05, 3.63) is 23.7 Å². The largest absolute Gasteiger partial charge is 0.456 e. The summed E-state index contributed by atoms with van der Waals surface area (Å²) in [6.45, 7) is 5.56. The van der Waals surface area contributed by atoms with Crippen LogP contribution in [0.2, 0.25) is 0 Å². The maximum absolute atomic E-state index is 12.9. The van der Waals surface area contributed by atoms with Crippen molar-refractivity contribution in [3.8, 4) is 0 Å². The molecule has 0 N–H and O–H groups in total. The summed E-state index contributed by atoms with van der Waals surface area (Å²) in [4.78, 5) is 14.8. The molecule has 3 saturated heterocycles. The van der Waals surface area contributed by atoms with Crippen molar-refractivity contribution in [3.63, 3.8) is 0 Å². The fraction of sp³-hybridized carbons (Fsp3) is 0.737. The highest BCUT2D eigenvalue weighted by atomic mass is 16.5. The molecule has 0 aromatic carbocycles. The van der Waals surface area contributed by atoms with Gasteiger partial charge in [-0.2, -0.15) is 0 Å². The first kappa shape index (κ1) is 17.1. The number of amides is 1. The first-order valence-corrected chi connectivity index (χ1v) is 9.41. The lowest BCUT2D eigenvalue weighted by molar-refractivity contribution is -0.0886. The highest BCUT2D eigenvalue weighted by molar-refractivity contribution is 5.92. The van der Waals surface area contributed by atoms with E-state index in [0.29, 0.717) is 18.2 Å². The van der Waals surface area contributed by atoms with Gasteiger partial charge in [-0.25, -0.2) is 0 Å². The fourth-order valence-corrected chi connectivity index (χ4v) is 4.15. The number of fused-ring (bicyclic) bond motifs is 1. The molecule has 0 unspecified atom stereocenters. The Morgan fingerprint density at radius 3 is 2.84 bits per heavy atom. The van der Waals surface area contributed by atoms with Crippen LogP contribution in [-0.4, -0.2) is 62.0 Å². The number of hydrogen-bond donors (Lipinski definition) is 0. The van der Waals surface area contributed by atoms with Crippen LogP contribution in [0.5, 0.6) is 0 Å². The van der Waals surface area contributed by atoms with Crippen LogP contribution in [0.3, 0.4) is 0 Å². The molecule has 6 nitrogen and oxygen atoms in total. The number of carbonyl (C=O) groups is 1. The van der Waals surface area contributed by atoms with Crippen molar-refractivity contribution >= 4 is 5.91 Å². The van der Waals surface area contributed by atoms with E-state index in [2.05, 4.69) is 0 Å². The second-order valence-electron chi connectivity index (χ2n) is 7.34. The molecular formula is C19H27NO5. The third-order valence-corrected chi connectivity index (χ3v) is 5.58. The number of nitrogens with zero attached hydrogens (tertiary/aromatic N) is 1. The predicted octanol–water partition coefficient (Wildman–Crippen LogP) is 2.40. The summed E-state index contributed by atoms with van der Waals surface area (Å²) in [7, 11) is 0. The Labute approximate surface area is 148 Å². The van der Waals surface area contributed by atoms with E-state index in [1.165, 1.54) is 0 Å². The molecule has 1 aromatic heterocycles. The van der Waals surface area contributed by atoms with E-state index >= 15 is 0 Å². The topological polar surface area (TPSA) is 61.1 Å². The zero-order valence-electron chi connectivity index (χ0n) is 14.8. The van der Waals surface area contributed by atoms with Gasteiger partial charge >= 0.3 is 0 Å². The maximum Gasteiger partial charge on any atom is 0.289 e. The van der Waals surface area contributed by atoms with Crippen LogP contribution in [0.25, 0.3) is 0 Å². The third-order valence-electron chi connectivity index (χ3n) is 5.58. The Morgan fingerprint density at radius 1 is 1.24 bits per heavy atom. The summed E-state index contributed by atoms with van der Waals surface area (Å²) in [5.41, 5.74) is 0. The number of aryl methyl sites for hydroxylation is 1. The summed E-state index contributed by atoms with van der Waals surface area (Å²) in [6.07, 6.45) is 3.98. The van der Waals surface area contributed by atoms with Crippen LogP contribution in [0.15, 0.2) is 16.5 Å². The minimum absolute atomic E-state index is 0.0198. The van der Waals surface area contributed by atoms with Crippen molar-refractivity contribution in [2.75, 3.05) is 33.0 Å². The molecule has 0 saturated carbocycles. The maximum atomic E-state index is 12.9. The van der Waals surface area contributed by atoms with E-state index in [1.54, 1.807) is 6.07 Å². The summed E-state index contributed by atoms with van der Waals surface area (Å²) in [6, 6.07) is 3.68. The first-order chi connectivity index (χ1) is 12.2. The van der Waals surface area contributed by atoms with Gasteiger partial charge in [-0.1, -0.05) is 0 Å². The van der Waals surface area contributed by atoms with Gasteiger partial charge in [-0.05, 0) is 50.7 Å². The van der Waals surface area contributed by atoms with Crippen LogP contribution in [0, 0.1) is 12.8 Å². The van der Waals surface area contributed by atoms with Crippen molar-refractivity contribution in [2.24, 2.45) is 5.92 Å². The van der Waals surface area contributed by atoms with Gasteiger partial charge in [0.15, 0.2) is 5.76 Å². The number of ether oxygens (including phenoxy) is 3. The fourth-order valence-electron chi connectivity index (χ4n) is 4.15. The van der Waals surface area contributed by atoms with Crippen LogP contribution in [0.1, 0.15) is 42.0 Å². The number of furan rings is 1. The molecule has 138 valence electrons. The van der Waals surface area contributed by atoms with E-state index in [-0.39, 0.29) is 24.2 Å². The van der Waals surface area contributed by atoms with Crippen LogP contribution < -0.4 is 0 Å². The smallest absolute Gasteiger partial charge is 0.289 e. The van der Waals surface area contributed by atoms with E-state index in [9.17, 15) is 4.79 Å². The molecule has 0 bridgehead atoms. The zero-order valence-corrected chi connectivity index (χ0v) is 14.8. The molecule has 1 aromatic rings. The molecule has 3 atom stereocenters. The molecule has 4 heterocycles. The monoisotopic (exact) mass is 349 g/mol. The summed E-state index contributed by atoms with van der Waals surface area (Å²) in [5.74, 6) is 1.66. The molecule has 6 heteroatoms. The lowest BCUT2D eigenvalue weighted by Gasteiger charge is -2.32. The van der Waals surface area contributed by atoms with Gasteiger partial charge in [-0.15, -0.1) is 0 Å². The molecule has 3 fully saturated rings. The lowest BCUT2D eigenvalue weighted by atomic mass is 10.0. The molecule has 3 aliphatic heterocycles. The second-order valence-corrected chi connectivity index (χ2v) is 7.34. The Morgan fingerprint density at radius 2 is 2.08 bits per heavy atom. The summed E-state index contributed by atoms with van der Waals surface area (Å²) < 4.78 is 23.2. The average molecular weight is 349 g/mol. The van der Waals surface area contributed by atoms with Crippen LogP contribution in [-0.2, 0) is 14.2 Å². The SMILES string of the molecule is Cc1ccc(C(=O)N2C[C@H](OCC3CCOCC3)[C@H]3OCCC[C@H]32)o1. The highest BCUT2D eigenvalue weighted by Gasteiger charge is 2.47. The number of likely N-dealkylation sites (tertiary alicyclic amines) is 1. The van der Waals surface area contributed by atoms with E-state index in [0.717, 1.165) is 57.9 Å². The zero-order chi connectivity index (χ0) is 17.2. The second kappa shape index (κ2) is 7.48. The molecule has 0 radical (unpaired) electrons. The Kier molecular flexibility index (Phi) is 5.10. The van der Waals surface area contributed by atoms with Gasteiger partial charge in [0.1, 0.15) is 18.0 Å². The molecule has 3 aliphatic rings. The lowest BCUT2D eigenvalue weighted by Crippen LogP contribution is -2.44. The molecule has 0 aliphatic carbocycles. The van der Waals surface area contributed by atoms with E-state index in [4.69, 9.17) is 18.6 Å². The van der Waals surface area contributed by atoms with Crippen molar-refractivity contribution in [2.45, 2.75) is 50.9 Å². The van der Waals surface area contributed by atoms with Crippen molar-refractivity contribution in [1.82, 2.24) is 4.90 Å². The van der Waals surface area contributed by atoms with Crippen molar-refractivity contribution in [1.29, 1.82) is 0 Å². The van der Waals surface area contributed by atoms with Crippen LogP contribution >= 0.6 is 0 Å². The van der Waals surface area contributed by atoms with E-state index < -0.39 is 0 Å². The third kappa shape index (κ3) is 3.61. The van der Waals surface area contributed by atoms with Gasteiger partial charge < -0.3 is 23.5 Å². The predicted molar refractivity (Wildman–Crippen MR) is 90.5 cm³/mol. The van der Waals surface area contributed by atoms with Crippen molar-refractivity contribution < 1.29 is 23.4 Å². The van der Waals surface area contributed by atoms with Gasteiger partial charge in [0.2, 0.25) is 0 Å². The van der Waals surface area contributed by atoms with E-state index in [1.807, 2.05) is 17.9 Å². The van der Waals surface area contributed by atoms with Gasteiger partial charge in [0.05, 0.1) is 19.2 Å². The number of carbonyl (C=O) groups excluding carboxylic acids is 1. The minimum Gasteiger partial charge on any atom is -0.456 e. The molecular weight excluding hydrogens is 322 g/mol. The normalized spacial score (nSPS) is 30.4. The number of rotatable bonds is 4. The van der Waals surface area contributed by atoms with Gasteiger partial charge in [0, 0.05) is 19.8 Å². The molecule has 4 rings (SSSR count). The Bertz CT molecular complexity index is 594. The standard InChI is InChI=1S/C19H27NO5/c1-13-4-5-16(25-13)19(21)20-11-17(18-15(20)3-2-8-23-18)24-12-14-6-9-22-10-7-14/h4-5,14-15,17-18H,2-3,6-12H2,1H3/t15-,17+,18+/m1/s1. The first-order valence-electron chi connectivity index (χ1n) is 9.41. The van der Waals surface area contributed by atoms with Gasteiger partial charge in [0.25, 0.3) is 5.91 Å². The quantitative estimate of drug-likeness (QED) is 0.835. The number of hydrogen-bond acceptors (Lipinski definition) is 5. The molecule has 1 amide bonds. The summed E-state index contributed by atoms with van der Waals surface area (Å²) >= 11 is 0. The molecule has 25 heavy (non-hydrogen) atoms. The minimum atomic E-state index is -0.0502. The molecule has 0 spiro atoms.